The van der Waals surface area contributed by atoms with Gasteiger partial charge in [0.2, 0.25) is 0 Å². The van der Waals surface area contributed by atoms with Crippen LogP contribution in [0.1, 0.15) is 35.6 Å². The van der Waals surface area contributed by atoms with E-state index in [4.69, 9.17) is 22.6 Å². The summed E-state index contributed by atoms with van der Waals surface area (Å²) in [4.78, 5) is 0. The molecule has 2 aromatic rings. The van der Waals surface area contributed by atoms with Crippen LogP contribution in [0.15, 0.2) is 36.7 Å². The van der Waals surface area contributed by atoms with Gasteiger partial charge in [-0.3, -0.25) is 0 Å². The van der Waals surface area contributed by atoms with Crippen LogP contribution in [0.4, 0.5) is 0 Å². The van der Waals surface area contributed by atoms with Crippen LogP contribution < -0.4 is 5.73 Å². The van der Waals surface area contributed by atoms with Crippen molar-refractivity contribution in [2.75, 3.05) is 0 Å². The number of hydrogen-bond donors (Lipinski definition) is 1. The van der Waals surface area contributed by atoms with E-state index in [-0.39, 0.29) is 6.04 Å². The summed E-state index contributed by atoms with van der Waals surface area (Å²) < 4.78 is 2.09. The summed E-state index contributed by atoms with van der Waals surface area (Å²) in [5.41, 5.74) is 8.98. The Bertz CT molecular complexity index is 665. The van der Waals surface area contributed by atoms with Gasteiger partial charge in [-0.05, 0) is 48.1 Å². The lowest BCUT2D eigenvalue weighted by Crippen LogP contribution is -2.11. The van der Waals surface area contributed by atoms with E-state index in [9.17, 15) is 0 Å². The predicted molar refractivity (Wildman–Crippen MR) is 79.4 cm³/mol. The highest BCUT2D eigenvalue weighted by atomic mass is 35.5. The van der Waals surface area contributed by atoms with Gasteiger partial charge in [0.25, 0.3) is 0 Å². The third-order valence-electron chi connectivity index (χ3n) is 3.82. The molecule has 1 saturated carbocycles. The van der Waals surface area contributed by atoms with E-state index in [0.717, 1.165) is 5.56 Å². The third kappa shape index (κ3) is 2.72. The number of aromatic nitrogens is 1. The molecule has 0 amide bonds. The van der Waals surface area contributed by atoms with Crippen LogP contribution in [-0.4, -0.2) is 4.57 Å². The van der Waals surface area contributed by atoms with E-state index >= 15 is 0 Å². The fourth-order valence-electron chi connectivity index (χ4n) is 2.42. The Labute approximate surface area is 123 Å². The van der Waals surface area contributed by atoms with Gasteiger partial charge in [-0.25, -0.2) is 0 Å². The van der Waals surface area contributed by atoms with Gasteiger partial charge in [-0.1, -0.05) is 17.7 Å². The highest BCUT2D eigenvalue weighted by Gasteiger charge is 2.29. The van der Waals surface area contributed by atoms with Crippen LogP contribution in [0.3, 0.4) is 0 Å². The standard InChI is InChI=1S/C16H16ClN3/c17-15-7-11(8-18)1-2-13(15)9-20-6-5-14(10-20)16(19)12-3-4-12/h1-2,5-7,10,12,16H,3-4,9,19H2. The second-order valence-corrected chi connectivity index (χ2v) is 5.81. The van der Waals surface area contributed by atoms with Crippen LogP contribution in [0.2, 0.25) is 5.02 Å². The summed E-state index contributed by atoms with van der Waals surface area (Å²) >= 11 is 6.20. The number of halogens is 1. The molecule has 0 radical (unpaired) electrons. The first-order valence-electron chi connectivity index (χ1n) is 6.77. The van der Waals surface area contributed by atoms with Crippen molar-refractivity contribution in [2.45, 2.75) is 25.4 Å². The van der Waals surface area contributed by atoms with Crippen molar-refractivity contribution in [3.05, 3.63) is 58.4 Å². The zero-order valence-electron chi connectivity index (χ0n) is 11.1. The molecule has 0 spiro atoms. The van der Waals surface area contributed by atoms with Crippen molar-refractivity contribution >= 4 is 11.6 Å². The van der Waals surface area contributed by atoms with Gasteiger partial charge in [0.1, 0.15) is 0 Å². The summed E-state index contributed by atoms with van der Waals surface area (Å²) in [6, 6.07) is 9.74. The summed E-state index contributed by atoms with van der Waals surface area (Å²) in [5, 5.41) is 9.47. The molecule has 1 fully saturated rings. The summed E-state index contributed by atoms with van der Waals surface area (Å²) in [7, 11) is 0. The van der Waals surface area contributed by atoms with Gasteiger partial charge >= 0.3 is 0 Å². The molecule has 1 aliphatic carbocycles. The molecule has 4 heteroatoms. The number of benzene rings is 1. The average Bonchev–Trinajstić information content (AvgIpc) is 3.20. The van der Waals surface area contributed by atoms with Crippen LogP contribution in [0, 0.1) is 17.2 Å². The maximum absolute atomic E-state index is 8.84. The van der Waals surface area contributed by atoms with E-state index in [1.165, 1.54) is 18.4 Å². The first kappa shape index (κ1) is 13.2. The average molecular weight is 286 g/mol. The largest absolute Gasteiger partial charge is 0.350 e. The zero-order chi connectivity index (χ0) is 14.1. The quantitative estimate of drug-likeness (QED) is 0.935. The number of nitrogens with two attached hydrogens (primary N) is 1. The second kappa shape index (κ2) is 5.32. The van der Waals surface area contributed by atoms with Gasteiger partial charge < -0.3 is 10.3 Å². The monoisotopic (exact) mass is 285 g/mol. The summed E-state index contributed by atoms with van der Waals surface area (Å²) in [5.74, 6) is 0.657. The molecular weight excluding hydrogens is 270 g/mol. The van der Waals surface area contributed by atoms with Crippen molar-refractivity contribution in [1.82, 2.24) is 4.57 Å². The van der Waals surface area contributed by atoms with Gasteiger partial charge in [0.05, 0.1) is 11.6 Å². The summed E-state index contributed by atoms with van der Waals surface area (Å²) in [6.45, 7) is 0.696. The number of nitrogens with zero attached hydrogens (tertiary/aromatic N) is 2. The maximum Gasteiger partial charge on any atom is 0.0992 e. The number of rotatable bonds is 4. The van der Waals surface area contributed by atoms with Crippen LogP contribution >= 0.6 is 11.6 Å². The Hall–Kier alpha value is -1.76. The van der Waals surface area contributed by atoms with E-state index in [1.807, 2.05) is 12.3 Å². The normalized spacial score (nSPS) is 15.8. The molecule has 3 nitrogen and oxygen atoms in total. The number of nitriles is 1. The smallest absolute Gasteiger partial charge is 0.0992 e. The Morgan fingerprint density at radius 1 is 1.40 bits per heavy atom. The van der Waals surface area contributed by atoms with Gasteiger partial charge in [-0.15, -0.1) is 0 Å². The van der Waals surface area contributed by atoms with Crippen molar-refractivity contribution in [2.24, 2.45) is 11.7 Å². The Balaban J connectivity index is 1.76. The minimum atomic E-state index is 0.160. The lowest BCUT2D eigenvalue weighted by Gasteiger charge is -2.08. The lowest BCUT2D eigenvalue weighted by molar-refractivity contribution is 0.631. The Morgan fingerprint density at radius 3 is 2.85 bits per heavy atom. The first-order valence-corrected chi connectivity index (χ1v) is 7.15. The van der Waals surface area contributed by atoms with Crippen molar-refractivity contribution in [3.8, 4) is 6.07 Å². The maximum atomic E-state index is 8.84. The molecule has 1 aliphatic rings. The minimum Gasteiger partial charge on any atom is -0.350 e. The van der Waals surface area contributed by atoms with Gasteiger partial charge in [0.15, 0.2) is 0 Å². The fraction of sp³-hybridized carbons (Fsp3) is 0.312. The molecule has 0 bridgehead atoms. The summed E-state index contributed by atoms with van der Waals surface area (Å²) in [6.07, 6.45) is 6.62. The topological polar surface area (TPSA) is 54.7 Å². The highest BCUT2D eigenvalue weighted by Crippen LogP contribution is 2.39. The Kier molecular flexibility index (Phi) is 3.52. The van der Waals surface area contributed by atoms with Crippen molar-refractivity contribution in [3.63, 3.8) is 0 Å². The SMILES string of the molecule is N#Cc1ccc(Cn2ccc(C(N)C3CC3)c2)c(Cl)c1. The van der Waals surface area contributed by atoms with Crippen LogP contribution in [0.5, 0.6) is 0 Å². The highest BCUT2D eigenvalue weighted by molar-refractivity contribution is 6.31. The minimum absolute atomic E-state index is 0.160. The molecule has 1 heterocycles. The van der Waals surface area contributed by atoms with E-state index in [0.29, 0.717) is 23.0 Å². The van der Waals surface area contributed by atoms with E-state index in [1.54, 1.807) is 12.1 Å². The zero-order valence-corrected chi connectivity index (χ0v) is 11.8. The molecule has 0 aliphatic heterocycles. The molecule has 2 N–H and O–H groups in total. The molecule has 1 atom stereocenters. The lowest BCUT2D eigenvalue weighted by atomic mass is 10.1. The van der Waals surface area contributed by atoms with Crippen molar-refractivity contribution in [1.29, 1.82) is 5.26 Å². The third-order valence-corrected chi connectivity index (χ3v) is 4.18. The molecule has 20 heavy (non-hydrogen) atoms. The molecule has 3 rings (SSSR count). The second-order valence-electron chi connectivity index (χ2n) is 5.40. The van der Waals surface area contributed by atoms with Crippen molar-refractivity contribution < 1.29 is 0 Å². The number of hydrogen-bond acceptors (Lipinski definition) is 2. The predicted octanol–water partition coefficient (Wildman–Crippen LogP) is 3.47. The van der Waals surface area contributed by atoms with E-state index in [2.05, 4.69) is 22.9 Å². The molecule has 102 valence electrons. The first-order chi connectivity index (χ1) is 9.67. The molecule has 1 unspecified atom stereocenters. The van der Waals surface area contributed by atoms with Gasteiger partial charge in [0, 0.05) is 30.0 Å². The molecule has 0 saturated heterocycles. The van der Waals surface area contributed by atoms with Gasteiger partial charge in [-0.2, -0.15) is 5.26 Å². The molecular formula is C16H16ClN3. The van der Waals surface area contributed by atoms with E-state index < -0.39 is 0 Å². The molecule has 1 aromatic carbocycles. The van der Waals surface area contributed by atoms with Crippen LogP contribution in [-0.2, 0) is 6.54 Å². The molecule has 1 aromatic heterocycles. The van der Waals surface area contributed by atoms with Crippen LogP contribution in [0.25, 0.3) is 0 Å². The fourth-order valence-corrected chi connectivity index (χ4v) is 2.66. The Morgan fingerprint density at radius 2 is 2.20 bits per heavy atom.